The van der Waals surface area contributed by atoms with Crippen molar-refractivity contribution in [2.45, 2.75) is 17.8 Å². The average Bonchev–Trinajstić information content (AvgIpc) is 2.11. The molecule has 0 aliphatic carbocycles. The topological polar surface area (TPSA) is 144 Å². The van der Waals surface area contributed by atoms with Crippen molar-refractivity contribution in [2.75, 3.05) is 0 Å². The van der Waals surface area contributed by atoms with Crippen LogP contribution in [0.25, 0.3) is 0 Å². The van der Waals surface area contributed by atoms with Crippen LogP contribution in [0.3, 0.4) is 0 Å². The van der Waals surface area contributed by atoms with Crippen molar-refractivity contribution < 1.29 is 24.6 Å². The summed E-state index contributed by atoms with van der Waals surface area (Å²) >= 11 is 5.42. The molecule has 0 fully saturated rings. The molecule has 0 rings (SSSR count). The molecule has 2 unspecified atom stereocenters. The second-order valence-electron chi connectivity index (χ2n) is 2.93. The van der Waals surface area contributed by atoms with Gasteiger partial charge in [0.15, 0.2) is 0 Å². The number of carbonyl (C=O) groups excluding carboxylic acids is 1. The summed E-state index contributed by atoms with van der Waals surface area (Å²) in [6.45, 7) is 0. The van der Waals surface area contributed by atoms with Crippen LogP contribution in [0.2, 0.25) is 0 Å². The molecule has 0 bridgehead atoms. The van der Waals surface area contributed by atoms with Crippen molar-refractivity contribution in [3.8, 4) is 0 Å². The Morgan fingerprint density at radius 1 is 1.20 bits per heavy atom. The van der Waals surface area contributed by atoms with Gasteiger partial charge in [0.25, 0.3) is 0 Å². The Labute approximate surface area is 90.0 Å². The Bertz CT molecular complexity index is 283. The van der Waals surface area contributed by atoms with E-state index in [1.165, 1.54) is 0 Å². The van der Waals surface area contributed by atoms with Crippen LogP contribution >= 0.6 is 11.6 Å². The van der Waals surface area contributed by atoms with Gasteiger partial charge in [-0.25, -0.2) is 0 Å². The monoisotopic (exact) mass is 238 g/mol. The van der Waals surface area contributed by atoms with E-state index in [-0.39, 0.29) is 0 Å². The van der Waals surface area contributed by atoms with Crippen LogP contribution in [-0.2, 0) is 14.4 Å². The lowest BCUT2D eigenvalue weighted by Crippen LogP contribution is -2.41. The normalized spacial score (nSPS) is 16.4. The van der Waals surface area contributed by atoms with Crippen LogP contribution in [0.4, 0.5) is 0 Å². The fourth-order valence-electron chi connectivity index (χ4n) is 0.918. The molecule has 0 spiro atoms. The van der Waals surface area contributed by atoms with Crippen LogP contribution in [0, 0.1) is 5.92 Å². The maximum atomic E-state index is 10.7. The molecule has 0 radical (unpaired) electrons. The fraction of sp³-hybridized carbons (Fsp3) is 0.571. The number of carboxylic acid groups (broad SMARTS) is 2. The van der Waals surface area contributed by atoms with Gasteiger partial charge in [0.2, 0.25) is 5.91 Å². The van der Waals surface area contributed by atoms with Gasteiger partial charge in [0.05, 0.1) is 5.92 Å². The highest BCUT2D eigenvalue weighted by molar-refractivity contribution is 6.31. The molecular weight excluding hydrogens is 228 g/mol. The van der Waals surface area contributed by atoms with Crippen LogP contribution in [-0.4, -0.2) is 39.5 Å². The maximum absolute atomic E-state index is 10.7. The van der Waals surface area contributed by atoms with E-state index in [0.29, 0.717) is 0 Å². The predicted molar refractivity (Wildman–Crippen MR) is 50.2 cm³/mol. The smallest absolute Gasteiger partial charge is 0.320 e. The van der Waals surface area contributed by atoms with E-state index in [0.717, 1.165) is 0 Å². The number of amides is 1. The molecule has 0 aromatic heterocycles. The molecule has 6 N–H and O–H groups in total. The number of primary amides is 1. The summed E-state index contributed by atoms with van der Waals surface area (Å²) in [5.41, 5.74) is 9.92. The first-order valence-electron chi connectivity index (χ1n) is 3.92. The van der Waals surface area contributed by atoms with Gasteiger partial charge in [0.1, 0.15) is 11.4 Å². The highest BCUT2D eigenvalue weighted by Gasteiger charge is 2.33. The number of aliphatic carboxylic acids is 2. The molecule has 15 heavy (non-hydrogen) atoms. The summed E-state index contributed by atoms with van der Waals surface area (Å²) in [4.78, 5) is 31.7. The van der Waals surface area contributed by atoms with Gasteiger partial charge in [0, 0.05) is 0 Å². The number of rotatable bonds is 6. The van der Waals surface area contributed by atoms with Gasteiger partial charge in [-0.3, -0.25) is 14.4 Å². The number of alkyl halides is 1. The van der Waals surface area contributed by atoms with Gasteiger partial charge < -0.3 is 21.7 Å². The summed E-state index contributed by atoms with van der Waals surface area (Å²) < 4.78 is 0. The first-order chi connectivity index (χ1) is 6.77. The van der Waals surface area contributed by atoms with Crippen LogP contribution in [0.5, 0.6) is 0 Å². The number of carboxylic acids is 2. The molecule has 86 valence electrons. The highest BCUT2D eigenvalue weighted by Crippen LogP contribution is 2.17. The highest BCUT2D eigenvalue weighted by atomic mass is 35.5. The van der Waals surface area contributed by atoms with Crippen molar-refractivity contribution in [1.29, 1.82) is 0 Å². The zero-order chi connectivity index (χ0) is 12.2. The van der Waals surface area contributed by atoms with E-state index in [2.05, 4.69) is 0 Å². The third-order valence-corrected chi connectivity index (χ3v) is 2.29. The Morgan fingerprint density at radius 3 is 1.93 bits per heavy atom. The Balaban J connectivity index is 4.62. The Morgan fingerprint density at radius 2 is 1.67 bits per heavy atom. The molecule has 0 heterocycles. The maximum Gasteiger partial charge on any atom is 0.320 e. The Hall–Kier alpha value is -1.34. The molecule has 7 nitrogen and oxygen atoms in total. The number of hydrogen-bond donors (Lipinski definition) is 4. The lowest BCUT2D eigenvalue weighted by molar-refractivity contribution is -0.145. The molecule has 0 aromatic carbocycles. The third-order valence-electron chi connectivity index (χ3n) is 1.77. The molecule has 8 heteroatoms. The summed E-state index contributed by atoms with van der Waals surface area (Å²) in [5.74, 6) is -5.21. The zero-order valence-electron chi connectivity index (χ0n) is 7.59. The van der Waals surface area contributed by atoms with Crippen LogP contribution in [0.15, 0.2) is 0 Å². The van der Waals surface area contributed by atoms with Crippen molar-refractivity contribution in [2.24, 2.45) is 17.4 Å². The van der Waals surface area contributed by atoms with E-state index in [4.69, 9.17) is 33.3 Å². The van der Waals surface area contributed by atoms with Crippen LogP contribution < -0.4 is 11.5 Å². The van der Waals surface area contributed by atoms with Gasteiger partial charge in [-0.05, 0) is 6.42 Å². The minimum absolute atomic E-state index is 0.457. The van der Waals surface area contributed by atoms with Crippen molar-refractivity contribution in [3.63, 3.8) is 0 Å². The Kier molecular flexibility index (Phi) is 5.03. The summed E-state index contributed by atoms with van der Waals surface area (Å²) in [6.07, 6.45) is -0.457. The van der Waals surface area contributed by atoms with Gasteiger partial charge in [-0.15, -0.1) is 11.6 Å². The second-order valence-corrected chi connectivity index (χ2v) is 3.40. The average molecular weight is 239 g/mol. The molecule has 1 amide bonds. The van der Waals surface area contributed by atoms with E-state index < -0.39 is 41.6 Å². The van der Waals surface area contributed by atoms with Crippen molar-refractivity contribution in [3.05, 3.63) is 0 Å². The minimum atomic E-state index is -1.48. The van der Waals surface area contributed by atoms with E-state index in [1.807, 2.05) is 0 Å². The third kappa shape index (κ3) is 4.13. The van der Waals surface area contributed by atoms with E-state index in [1.54, 1.807) is 0 Å². The molecule has 0 saturated heterocycles. The van der Waals surface area contributed by atoms with Crippen molar-refractivity contribution >= 4 is 29.4 Å². The molecule has 3 atom stereocenters. The molecular formula is C7H11ClN2O5. The first-order valence-corrected chi connectivity index (χ1v) is 4.35. The molecule has 0 aromatic rings. The SMILES string of the molecule is NC(=O)C(Cl)C(C[C@H](N)C(=O)O)C(=O)O. The predicted octanol–water partition coefficient (Wildman–Crippen LogP) is -1.42. The zero-order valence-corrected chi connectivity index (χ0v) is 8.35. The van der Waals surface area contributed by atoms with Gasteiger partial charge >= 0.3 is 11.9 Å². The lowest BCUT2D eigenvalue weighted by Gasteiger charge is -2.17. The summed E-state index contributed by atoms with van der Waals surface area (Å²) in [6, 6.07) is -1.40. The quantitative estimate of drug-likeness (QED) is 0.418. The molecule has 0 aliphatic heterocycles. The molecule has 0 saturated carbocycles. The number of carbonyl (C=O) groups is 3. The minimum Gasteiger partial charge on any atom is -0.481 e. The second kappa shape index (κ2) is 5.52. The number of halogens is 1. The van der Waals surface area contributed by atoms with E-state index in [9.17, 15) is 14.4 Å². The van der Waals surface area contributed by atoms with E-state index >= 15 is 0 Å². The number of nitrogens with two attached hydrogens (primary N) is 2. The van der Waals surface area contributed by atoms with Crippen molar-refractivity contribution in [1.82, 2.24) is 0 Å². The lowest BCUT2D eigenvalue weighted by atomic mass is 9.96. The summed E-state index contributed by atoms with van der Waals surface area (Å²) in [7, 11) is 0. The first kappa shape index (κ1) is 13.7. The molecule has 0 aliphatic rings. The summed E-state index contributed by atoms with van der Waals surface area (Å²) in [5, 5.41) is 15.7. The fourth-order valence-corrected chi connectivity index (χ4v) is 1.13. The number of hydrogen-bond acceptors (Lipinski definition) is 4. The van der Waals surface area contributed by atoms with Crippen LogP contribution in [0.1, 0.15) is 6.42 Å². The standard InChI is InChI=1S/C7H11ClN2O5/c8-4(5(10)11)2(6(12)13)1-3(9)7(14)15/h2-4H,1,9H2,(H2,10,11)(H,12,13)(H,14,15)/t2?,3-,4?/m0/s1. The largest absolute Gasteiger partial charge is 0.481 e. The van der Waals surface area contributed by atoms with Gasteiger partial charge in [-0.2, -0.15) is 0 Å². The van der Waals surface area contributed by atoms with Gasteiger partial charge in [-0.1, -0.05) is 0 Å².